The Morgan fingerprint density at radius 2 is 1.63 bits per heavy atom. The lowest BCUT2D eigenvalue weighted by Gasteiger charge is -2.26. The Kier molecular flexibility index (Phi) is 5.26. The van der Waals surface area contributed by atoms with Crippen LogP contribution < -0.4 is 4.74 Å². The first-order valence-corrected chi connectivity index (χ1v) is 9.32. The third kappa shape index (κ3) is 3.41. The van der Waals surface area contributed by atoms with Crippen LogP contribution in [0.25, 0.3) is 5.76 Å². The van der Waals surface area contributed by atoms with Crippen molar-refractivity contribution in [1.82, 2.24) is 14.9 Å². The fraction of sp³-hybridized carbons (Fsp3) is 0.130. The van der Waals surface area contributed by atoms with Crippen LogP contribution in [0.4, 0.5) is 0 Å². The number of hydrogen-bond donors (Lipinski definition) is 1. The molecule has 0 aliphatic carbocycles. The van der Waals surface area contributed by atoms with Crippen molar-refractivity contribution in [3.05, 3.63) is 95.6 Å². The Bertz CT molecular complexity index is 1110. The number of ketones is 1. The van der Waals surface area contributed by atoms with Crippen LogP contribution in [0.3, 0.4) is 0 Å². The number of para-hydroxylation sites is 1. The van der Waals surface area contributed by atoms with E-state index >= 15 is 0 Å². The van der Waals surface area contributed by atoms with Crippen molar-refractivity contribution >= 4 is 17.4 Å². The molecule has 30 heavy (non-hydrogen) atoms. The van der Waals surface area contributed by atoms with Crippen molar-refractivity contribution in [2.45, 2.75) is 12.6 Å². The number of hydrogen-bond acceptors (Lipinski definition) is 6. The molecule has 1 amide bonds. The van der Waals surface area contributed by atoms with E-state index in [2.05, 4.69) is 9.97 Å². The van der Waals surface area contributed by atoms with Gasteiger partial charge in [-0.1, -0.05) is 18.2 Å². The molecule has 1 atom stereocenters. The standard InChI is InChI=1S/C23H19N3O4/c1-30-18-5-3-2-4-17(18)14-26-20(15-6-10-24-11-7-15)19(22(28)23(26)29)21(27)16-8-12-25-13-9-16/h2-13,20,27H,14H2,1H3/b21-19+. The second-order valence-electron chi connectivity index (χ2n) is 6.76. The molecule has 0 bridgehead atoms. The quantitative estimate of drug-likeness (QED) is 0.401. The molecule has 4 rings (SSSR count). The third-order valence-electron chi connectivity index (χ3n) is 5.05. The molecule has 3 aromatic rings. The molecule has 0 spiro atoms. The smallest absolute Gasteiger partial charge is 0.295 e. The maximum absolute atomic E-state index is 13.0. The molecule has 1 fully saturated rings. The van der Waals surface area contributed by atoms with E-state index in [9.17, 15) is 14.7 Å². The summed E-state index contributed by atoms with van der Waals surface area (Å²) in [6.45, 7) is 0.148. The maximum Gasteiger partial charge on any atom is 0.295 e. The predicted molar refractivity (Wildman–Crippen MR) is 109 cm³/mol. The second kappa shape index (κ2) is 8.16. The molecule has 150 valence electrons. The van der Waals surface area contributed by atoms with Crippen molar-refractivity contribution in [2.75, 3.05) is 7.11 Å². The lowest BCUT2D eigenvalue weighted by atomic mass is 9.96. The lowest BCUT2D eigenvalue weighted by molar-refractivity contribution is -0.140. The van der Waals surface area contributed by atoms with E-state index < -0.39 is 17.7 Å². The Balaban J connectivity index is 1.86. The summed E-state index contributed by atoms with van der Waals surface area (Å²) in [5, 5.41) is 10.9. The van der Waals surface area contributed by atoms with Gasteiger partial charge in [-0.15, -0.1) is 0 Å². The van der Waals surface area contributed by atoms with E-state index in [1.165, 1.54) is 17.3 Å². The molecule has 1 unspecified atom stereocenters. The number of nitrogens with zero attached hydrogens (tertiary/aromatic N) is 3. The van der Waals surface area contributed by atoms with Crippen LogP contribution in [-0.2, 0) is 16.1 Å². The van der Waals surface area contributed by atoms with Gasteiger partial charge in [-0.2, -0.15) is 0 Å². The Morgan fingerprint density at radius 1 is 1.00 bits per heavy atom. The molecule has 7 heteroatoms. The van der Waals surface area contributed by atoms with Gasteiger partial charge in [0.25, 0.3) is 11.7 Å². The van der Waals surface area contributed by atoms with Crippen molar-refractivity contribution < 1.29 is 19.4 Å². The first kappa shape index (κ1) is 19.3. The average Bonchev–Trinajstić information content (AvgIpc) is 3.05. The molecule has 1 aliphatic rings. The highest BCUT2D eigenvalue weighted by atomic mass is 16.5. The number of benzene rings is 1. The molecule has 7 nitrogen and oxygen atoms in total. The number of aliphatic hydroxyl groups excluding tert-OH is 1. The van der Waals surface area contributed by atoms with Crippen LogP contribution in [0.1, 0.15) is 22.7 Å². The van der Waals surface area contributed by atoms with Crippen molar-refractivity contribution in [3.63, 3.8) is 0 Å². The first-order chi connectivity index (χ1) is 14.6. The number of aromatic nitrogens is 2. The van der Waals surface area contributed by atoms with E-state index in [1.54, 1.807) is 49.8 Å². The number of likely N-dealkylation sites (tertiary alicyclic amines) is 1. The van der Waals surface area contributed by atoms with Gasteiger partial charge in [0.1, 0.15) is 11.5 Å². The van der Waals surface area contributed by atoms with Gasteiger partial charge in [0.2, 0.25) is 0 Å². The Morgan fingerprint density at radius 3 is 2.30 bits per heavy atom. The third-order valence-corrected chi connectivity index (χ3v) is 5.05. The largest absolute Gasteiger partial charge is 0.507 e. The maximum atomic E-state index is 13.0. The van der Waals surface area contributed by atoms with Crippen molar-refractivity contribution in [3.8, 4) is 5.75 Å². The summed E-state index contributed by atoms with van der Waals surface area (Å²) in [7, 11) is 1.55. The summed E-state index contributed by atoms with van der Waals surface area (Å²) in [5.74, 6) is -1.04. The summed E-state index contributed by atoms with van der Waals surface area (Å²) >= 11 is 0. The minimum Gasteiger partial charge on any atom is -0.507 e. The summed E-state index contributed by atoms with van der Waals surface area (Å²) in [6, 6.07) is 13.2. The van der Waals surface area contributed by atoms with E-state index in [-0.39, 0.29) is 17.9 Å². The number of ether oxygens (including phenoxy) is 1. The van der Waals surface area contributed by atoms with Crippen LogP contribution in [0.5, 0.6) is 5.75 Å². The molecule has 1 saturated heterocycles. The molecular formula is C23H19N3O4. The zero-order chi connectivity index (χ0) is 21.1. The SMILES string of the molecule is COc1ccccc1CN1C(=O)C(=O)/C(=C(/O)c2ccncc2)C1c1ccncc1. The number of pyridine rings is 2. The Labute approximate surface area is 173 Å². The molecule has 1 N–H and O–H groups in total. The van der Waals surface area contributed by atoms with Crippen LogP contribution in [0.15, 0.2) is 78.9 Å². The van der Waals surface area contributed by atoms with Gasteiger partial charge in [0, 0.05) is 35.9 Å². The minimum absolute atomic E-state index is 0.0345. The monoisotopic (exact) mass is 401 g/mol. The summed E-state index contributed by atoms with van der Waals surface area (Å²) in [4.78, 5) is 35.4. The fourth-order valence-electron chi connectivity index (χ4n) is 3.62. The van der Waals surface area contributed by atoms with Gasteiger partial charge in [-0.05, 0) is 35.9 Å². The topological polar surface area (TPSA) is 92.6 Å². The van der Waals surface area contributed by atoms with E-state index in [4.69, 9.17) is 4.74 Å². The average molecular weight is 401 g/mol. The fourth-order valence-corrected chi connectivity index (χ4v) is 3.62. The van der Waals surface area contributed by atoms with Crippen LogP contribution >= 0.6 is 0 Å². The molecule has 1 aliphatic heterocycles. The zero-order valence-corrected chi connectivity index (χ0v) is 16.2. The predicted octanol–water partition coefficient (Wildman–Crippen LogP) is 3.11. The number of carbonyl (C=O) groups is 2. The van der Waals surface area contributed by atoms with Gasteiger partial charge in [-0.3, -0.25) is 19.6 Å². The normalized spacial score (nSPS) is 17.9. The van der Waals surface area contributed by atoms with Crippen molar-refractivity contribution in [1.29, 1.82) is 0 Å². The number of carbonyl (C=O) groups excluding carboxylic acids is 2. The minimum atomic E-state index is -0.758. The first-order valence-electron chi connectivity index (χ1n) is 9.32. The molecule has 0 radical (unpaired) electrons. The number of methoxy groups -OCH3 is 1. The van der Waals surface area contributed by atoms with Gasteiger partial charge >= 0.3 is 0 Å². The van der Waals surface area contributed by atoms with Crippen LogP contribution in [0, 0.1) is 0 Å². The van der Waals surface area contributed by atoms with Gasteiger partial charge in [0.15, 0.2) is 0 Å². The summed E-state index contributed by atoms with van der Waals surface area (Å²) in [6.07, 6.45) is 6.21. The highest BCUT2D eigenvalue weighted by Crippen LogP contribution is 2.40. The number of rotatable bonds is 5. The molecule has 0 saturated carbocycles. The highest BCUT2D eigenvalue weighted by molar-refractivity contribution is 6.46. The lowest BCUT2D eigenvalue weighted by Crippen LogP contribution is -2.29. The molecule has 2 aromatic heterocycles. The number of amides is 1. The number of aliphatic hydroxyl groups is 1. The molecule has 1 aromatic carbocycles. The number of Topliss-reactive ketones (excluding diaryl/α,β-unsaturated/α-hetero) is 1. The van der Waals surface area contributed by atoms with Gasteiger partial charge < -0.3 is 14.7 Å². The van der Waals surface area contributed by atoms with E-state index in [0.29, 0.717) is 16.9 Å². The van der Waals surface area contributed by atoms with E-state index in [0.717, 1.165) is 5.56 Å². The molecular weight excluding hydrogens is 382 g/mol. The van der Waals surface area contributed by atoms with Gasteiger partial charge in [-0.25, -0.2) is 0 Å². The van der Waals surface area contributed by atoms with E-state index in [1.807, 2.05) is 18.2 Å². The molecule has 3 heterocycles. The van der Waals surface area contributed by atoms with Gasteiger partial charge in [0.05, 0.1) is 25.3 Å². The summed E-state index contributed by atoms with van der Waals surface area (Å²) < 4.78 is 5.40. The highest BCUT2D eigenvalue weighted by Gasteiger charge is 2.46. The van der Waals surface area contributed by atoms with Crippen molar-refractivity contribution in [2.24, 2.45) is 0 Å². The Hall–Kier alpha value is -4.00. The van der Waals surface area contributed by atoms with Crippen LogP contribution in [-0.4, -0.2) is 38.8 Å². The second-order valence-corrected chi connectivity index (χ2v) is 6.76. The van der Waals surface area contributed by atoms with Crippen LogP contribution in [0.2, 0.25) is 0 Å². The summed E-state index contributed by atoms with van der Waals surface area (Å²) in [5.41, 5.74) is 1.88. The zero-order valence-electron chi connectivity index (χ0n) is 16.2.